The summed E-state index contributed by atoms with van der Waals surface area (Å²) in [6.07, 6.45) is 0. The highest BCUT2D eigenvalue weighted by molar-refractivity contribution is 5.80. The fourth-order valence-electron chi connectivity index (χ4n) is 2.37. The van der Waals surface area contributed by atoms with Crippen LogP contribution in [0.3, 0.4) is 0 Å². The average Bonchev–Trinajstić information content (AvgIpc) is 2.90. The third-order valence-electron chi connectivity index (χ3n) is 4.05. The lowest BCUT2D eigenvalue weighted by molar-refractivity contribution is -0.132. The number of carbonyl (C=O) groups is 4. The Hall–Kier alpha value is -2.44. The Kier molecular flexibility index (Phi) is 25.8. The van der Waals surface area contributed by atoms with Crippen LogP contribution in [0.5, 0.6) is 0 Å². The van der Waals surface area contributed by atoms with E-state index in [1.165, 1.54) is 0 Å². The van der Waals surface area contributed by atoms with Crippen molar-refractivity contribution in [1.29, 1.82) is 0 Å². The third kappa shape index (κ3) is 26.6. The van der Waals surface area contributed by atoms with Gasteiger partial charge in [0.2, 0.25) is 23.6 Å². The Morgan fingerprint density at radius 1 is 0.395 bits per heavy atom. The number of rotatable bonds is 27. The van der Waals surface area contributed by atoms with Gasteiger partial charge in [0.25, 0.3) is 0 Å². The minimum Gasteiger partial charge on any atom is -0.395 e. The Morgan fingerprint density at radius 3 is 1.05 bits per heavy atom. The van der Waals surface area contributed by atoms with Gasteiger partial charge in [0.15, 0.2) is 0 Å². The topological polar surface area (TPSA) is 212 Å². The van der Waals surface area contributed by atoms with E-state index in [0.29, 0.717) is 26.4 Å². The molecule has 0 rings (SSSR count). The van der Waals surface area contributed by atoms with Gasteiger partial charge in [0, 0.05) is 26.2 Å². The number of aliphatic hydroxyl groups excluding tert-OH is 2. The SMILES string of the molecule is O=C(COCC(=O)NCCOCCOCCOCCNC(=O)COCC(=O)NCCOCCO)NCCO. The zero-order valence-electron chi connectivity index (χ0n) is 21.7. The number of amides is 4. The molecule has 0 saturated heterocycles. The normalized spacial score (nSPS) is 10.7. The van der Waals surface area contributed by atoms with Gasteiger partial charge in [-0.25, -0.2) is 0 Å². The van der Waals surface area contributed by atoms with E-state index in [0.717, 1.165) is 0 Å². The van der Waals surface area contributed by atoms with Crippen LogP contribution >= 0.6 is 0 Å². The summed E-state index contributed by atoms with van der Waals surface area (Å²) in [6.45, 7) is 2.17. The third-order valence-corrected chi connectivity index (χ3v) is 4.05. The van der Waals surface area contributed by atoms with Crippen LogP contribution in [0.2, 0.25) is 0 Å². The summed E-state index contributed by atoms with van der Waals surface area (Å²) < 4.78 is 30.9. The number of nitrogens with one attached hydrogen (secondary N) is 4. The first-order chi connectivity index (χ1) is 18.5. The highest BCUT2D eigenvalue weighted by Crippen LogP contribution is 1.83. The van der Waals surface area contributed by atoms with E-state index in [4.69, 9.17) is 38.6 Å². The number of aliphatic hydroxyl groups is 2. The number of hydrogen-bond donors (Lipinski definition) is 6. The summed E-state index contributed by atoms with van der Waals surface area (Å²) in [6, 6.07) is 0. The Morgan fingerprint density at radius 2 is 0.711 bits per heavy atom. The molecule has 0 aromatic heterocycles. The Bertz CT molecular complexity index is 627. The summed E-state index contributed by atoms with van der Waals surface area (Å²) in [5.41, 5.74) is 0. The first-order valence-corrected chi connectivity index (χ1v) is 12.2. The average molecular weight is 555 g/mol. The molecule has 0 fully saturated rings. The van der Waals surface area contributed by atoms with Crippen molar-refractivity contribution in [3.8, 4) is 0 Å². The van der Waals surface area contributed by atoms with Crippen molar-refractivity contribution in [1.82, 2.24) is 21.3 Å². The lowest BCUT2D eigenvalue weighted by atomic mass is 10.5. The quantitative estimate of drug-likeness (QED) is 0.0531. The first kappa shape index (κ1) is 35.6. The van der Waals surface area contributed by atoms with Crippen molar-refractivity contribution >= 4 is 23.6 Å². The first-order valence-electron chi connectivity index (χ1n) is 12.2. The molecule has 0 bridgehead atoms. The maximum absolute atomic E-state index is 11.6. The second-order valence-corrected chi connectivity index (χ2v) is 7.28. The summed E-state index contributed by atoms with van der Waals surface area (Å²) in [7, 11) is 0. The van der Waals surface area contributed by atoms with Gasteiger partial charge in [0.1, 0.15) is 26.4 Å². The van der Waals surface area contributed by atoms with Gasteiger partial charge >= 0.3 is 0 Å². The van der Waals surface area contributed by atoms with Crippen molar-refractivity contribution in [2.24, 2.45) is 0 Å². The molecule has 0 aromatic carbocycles. The Balaban J connectivity index is 3.34. The van der Waals surface area contributed by atoms with Gasteiger partial charge in [-0.3, -0.25) is 19.2 Å². The van der Waals surface area contributed by atoms with E-state index < -0.39 is 5.91 Å². The van der Waals surface area contributed by atoms with Crippen LogP contribution in [0.25, 0.3) is 0 Å². The maximum Gasteiger partial charge on any atom is 0.246 e. The fourth-order valence-corrected chi connectivity index (χ4v) is 2.37. The highest BCUT2D eigenvalue weighted by Gasteiger charge is 2.06. The predicted octanol–water partition coefficient (Wildman–Crippen LogP) is -4.46. The van der Waals surface area contributed by atoms with Gasteiger partial charge in [-0.05, 0) is 0 Å². The van der Waals surface area contributed by atoms with Crippen LogP contribution in [0.1, 0.15) is 0 Å². The van der Waals surface area contributed by atoms with Gasteiger partial charge in [0.05, 0.1) is 66.1 Å². The molecular weight excluding hydrogens is 512 g/mol. The Labute approximate surface area is 222 Å². The molecule has 4 amide bonds. The summed E-state index contributed by atoms with van der Waals surface area (Å²) in [4.78, 5) is 45.8. The van der Waals surface area contributed by atoms with E-state index in [1.54, 1.807) is 0 Å². The predicted molar refractivity (Wildman–Crippen MR) is 131 cm³/mol. The van der Waals surface area contributed by atoms with Crippen molar-refractivity contribution in [2.75, 3.05) is 119 Å². The van der Waals surface area contributed by atoms with Crippen molar-refractivity contribution < 1.29 is 57.8 Å². The van der Waals surface area contributed by atoms with Crippen molar-refractivity contribution in [3.63, 3.8) is 0 Å². The summed E-state index contributed by atoms with van der Waals surface area (Å²) in [5.74, 6) is -1.52. The standard InChI is InChI=1S/C22H42N4O12/c27-5-1-23-19(29)15-37-16-21(31)25-3-8-34-11-13-36-14-12-35-9-4-26-22(32)18-38-17-20(30)24-2-7-33-10-6-28/h27-28H,1-18H2,(H,23,29)(H,24,30)(H,25,31)(H,26,32). The van der Waals surface area contributed by atoms with Crippen LogP contribution in [0.15, 0.2) is 0 Å². The van der Waals surface area contributed by atoms with Crippen LogP contribution < -0.4 is 21.3 Å². The fraction of sp³-hybridized carbons (Fsp3) is 0.818. The molecule has 0 aliphatic rings. The highest BCUT2D eigenvalue weighted by atomic mass is 16.5. The zero-order valence-corrected chi connectivity index (χ0v) is 21.7. The van der Waals surface area contributed by atoms with Crippen LogP contribution in [-0.4, -0.2) is 153 Å². The maximum atomic E-state index is 11.6. The largest absolute Gasteiger partial charge is 0.395 e. The molecule has 0 aliphatic carbocycles. The van der Waals surface area contributed by atoms with E-state index in [2.05, 4.69) is 21.3 Å². The summed E-state index contributed by atoms with van der Waals surface area (Å²) >= 11 is 0. The van der Waals surface area contributed by atoms with Gasteiger partial charge in [-0.15, -0.1) is 0 Å². The van der Waals surface area contributed by atoms with Gasteiger partial charge < -0.3 is 59.9 Å². The van der Waals surface area contributed by atoms with Crippen LogP contribution in [0.4, 0.5) is 0 Å². The van der Waals surface area contributed by atoms with Crippen LogP contribution in [-0.2, 0) is 47.6 Å². The number of hydrogen-bond acceptors (Lipinski definition) is 12. The number of carbonyl (C=O) groups excluding carboxylic acids is 4. The van der Waals surface area contributed by atoms with E-state index in [9.17, 15) is 19.2 Å². The van der Waals surface area contributed by atoms with Crippen molar-refractivity contribution in [2.45, 2.75) is 0 Å². The molecule has 0 radical (unpaired) electrons. The molecule has 222 valence electrons. The molecule has 6 N–H and O–H groups in total. The molecule has 0 aliphatic heterocycles. The lowest BCUT2D eigenvalue weighted by Gasteiger charge is -2.09. The van der Waals surface area contributed by atoms with E-state index in [-0.39, 0.29) is 110 Å². The minimum absolute atomic E-state index is 0.0796. The van der Waals surface area contributed by atoms with E-state index >= 15 is 0 Å². The smallest absolute Gasteiger partial charge is 0.246 e. The van der Waals surface area contributed by atoms with Gasteiger partial charge in [-0.1, -0.05) is 0 Å². The zero-order chi connectivity index (χ0) is 28.1. The number of ether oxygens (including phenoxy) is 6. The van der Waals surface area contributed by atoms with Gasteiger partial charge in [-0.2, -0.15) is 0 Å². The molecule has 38 heavy (non-hydrogen) atoms. The van der Waals surface area contributed by atoms with Crippen molar-refractivity contribution in [3.05, 3.63) is 0 Å². The van der Waals surface area contributed by atoms with E-state index in [1.807, 2.05) is 0 Å². The molecule has 0 unspecified atom stereocenters. The molecule has 0 aromatic rings. The second-order valence-electron chi connectivity index (χ2n) is 7.28. The molecule has 0 spiro atoms. The molecule has 0 heterocycles. The lowest BCUT2D eigenvalue weighted by Crippen LogP contribution is -2.34. The summed E-state index contributed by atoms with van der Waals surface area (Å²) in [5, 5.41) is 27.2. The monoisotopic (exact) mass is 554 g/mol. The molecular formula is C22H42N4O12. The second kappa shape index (κ2) is 27.6. The molecule has 16 heteroatoms. The molecule has 16 nitrogen and oxygen atoms in total. The molecule has 0 atom stereocenters. The molecule has 0 saturated carbocycles. The van der Waals surface area contributed by atoms with Crippen LogP contribution in [0, 0.1) is 0 Å². The minimum atomic E-state index is -0.410.